The molecule has 2 N–H and O–H groups in total. The van der Waals surface area contributed by atoms with E-state index in [0.717, 1.165) is 18.5 Å². The van der Waals surface area contributed by atoms with Crippen LogP contribution < -0.4 is 10.0 Å². The van der Waals surface area contributed by atoms with Crippen molar-refractivity contribution in [3.63, 3.8) is 0 Å². The third kappa shape index (κ3) is 3.69. The van der Waals surface area contributed by atoms with E-state index in [1.807, 2.05) is 13.8 Å². The van der Waals surface area contributed by atoms with Gasteiger partial charge < -0.3 is 5.32 Å². The van der Waals surface area contributed by atoms with E-state index in [0.29, 0.717) is 17.5 Å². The van der Waals surface area contributed by atoms with Crippen LogP contribution in [-0.4, -0.2) is 21.0 Å². The second-order valence-corrected chi connectivity index (χ2v) is 7.10. The smallest absolute Gasteiger partial charge is 0.240 e. The topological polar surface area (TPSA) is 58.2 Å². The Balaban J connectivity index is 2.19. The standard InChI is InChI=1S/C13H19ClN2O2S/c1-3-15-8-10-7-11(4-5-12(10)14)19(17,18)16-13-6-9(13)2/h4-5,7,9,13,15-16H,3,6,8H2,1-2H3. The predicted octanol–water partition coefficient (Wildman–Crippen LogP) is 2.14. The Morgan fingerprint density at radius 2 is 2.11 bits per heavy atom. The number of nitrogens with one attached hydrogen (secondary N) is 2. The highest BCUT2D eigenvalue weighted by atomic mass is 35.5. The van der Waals surface area contributed by atoms with E-state index < -0.39 is 10.0 Å². The summed E-state index contributed by atoms with van der Waals surface area (Å²) in [5, 5.41) is 3.73. The highest BCUT2D eigenvalue weighted by Crippen LogP contribution is 2.31. The summed E-state index contributed by atoms with van der Waals surface area (Å²) < 4.78 is 27.1. The maximum Gasteiger partial charge on any atom is 0.240 e. The average Bonchev–Trinajstić information content (AvgIpc) is 3.02. The van der Waals surface area contributed by atoms with Crippen molar-refractivity contribution in [1.82, 2.24) is 10.0 Å². The summed E-state index contributed by atoms with van der Waals surface area (Å²) in [4.78, 5) is 0.281. The van der Waals surface area contributed by atoms with Crippen molar-refractivity contribution in [2.24, 2.45) is 5.92 Å². The molecule has 2 rings (SSSR count). The lowest BCUT2D eigenvalue weighted by molar-refractivity contribution is 0.578. The predicted molar refractivity (Wildman–Crippen MR) is 76.7 cm³/mol. The summed E-state index contributed by atoms with van der Waals surface area (Å²) in [6.07, 6.45) is 0.914. The molecule has 0 radical (unpaired) electrons. The van der Waals surface area contributed by atoms with Crippen molar-refractivity contribution in [3.8, 4) is 0 Å². The first-order valence-electron chi connectivity index (χ1n) is 6.45. The van der Waals surface area contributed by atoms with Gasteiger partial charge in [0.1, 0.15) is 0 Å². The Hall–Kier alpha value is -0.620. The Kier molecular flexibility index (Phi) is 4.50. The minimum Gasteiger partial charge on any atom is -0.313 e. The van der Waals surface area contributed by atoms with Crippen LogP contribution in [0.1, 0.15) is 25.8 Å². The van der Waals surface area contributed by atoms with Crippen molar-refractivity contribution in [2.45, 2.75) is 37.8 Å². The SMILES string of the molecule is CCNCc1cc(S(=O)(=O)NC2CC2C)ccc1Cl. The highest BCUT2D eigenvalue weighted by molar-refractivity contribution is 7.89. The van der Waals surface area contributed by atoms with Crippen LogP contribution >= 0.6 is 11.6 Å². The molecule has 1 aliphatic rings. The largest absolute Gasteiger partial charge is 0.313 e. The van der Waals surface area contributed by atoms with Gasteiger partial charge in [0.15, 0.2) is 0 Å². The molecule has 0 aromatic heterocycles. The minimum absolute atomic E-state index is 0.0814. The van der Waals surface area contributed by atoms with E-state index in [1.54, 1.807) is 18.2 Å². The lowest BCUT2D eigenvalue weighted by Gasteiger charge is -2.10. The Bertz CT molecular complexity index is 560. The highest BCUT2D eigenvalue weighted by Gasteiger charge is 2.36. The lowest BCUT2D eigenvalue weighted by Crippen LogP contribution is -2.27. The van der Waals surface area contributed by atoms with Gasteiger partial charge in [0.2, 0.25) is 10.0 Å². The van der Waals surface area contributed by atoms with Gasteiger partial charge >= 0.3 is 0 Å². The minimum atomic E-state index is -3.43. The van der Waals surface area contributed by atoms with Crippen LogP contribution in [0, 0.1) is 5.92 Å². The third-order valence-corrected chi connectivity index (χ3v) is 5.17. The van der Waals surface area contributed by atoms with Crippen LogP contribution in [0.25, 0.3) is 0 Å². The van der Waals surface area contributed by atoms with E-state index >= 15 is 0 Å². The zero-order valence-electron chi connectivity index (χ0n) is 11.1. The van der Waals surface area contributed by atoms with E-state index in [-0.39, 0.29) is 10.9 Å². The normalized spacial score (nSPS) is 22.5. The Morgan fingerprint density at radius 1 is 1.42 bits per heavy atom. The van der Waals surface area contributed by atoms with Gasteiger partial charge in [-0.25, -0.2) is 13.1 Å². The van der Waals surface area contributed by atoms with Crippen molar-refractivity contribution in [1.29, 1.82) is 0 Å². The molecule has 2 unspecified atom stereocenters. The van der Waals surface area contributed by atoms with Gasteiger partial charge in [-0.05, 0) is 42.6 Å². The molecule has 0 spiro atoms. The molecule has 4 nitrogen and oxygen atoms in total. The molecule has 6 heteroatoms. The van der Waals surface area contributed by atoms with Gasteiger partial charge in [-0.2, -0.15) is 0 Å². The van der Waals surface area contributed by atoms with Crippen LogP contribution in [-0.2, 0) is 16.6 Å². The quantitative estimate of drug-likeness (QED) is 0.846. The van der Waals surface area contributed by atoms with Crippen molar-refractivity contribution >= 4 is 21.6 Å². The Labute approximate surface area is 119 Å². The van der Waals surface area contributed by atoms with Gasteiger partial charge in [0.25, 0.3) is 0 Å². The second kappa shape index (κ2) is 5.79. The summed E-state index contributed by atoms with van der Waals surface area (Å²) in [5.41, 5.74) is 0.801. The van der Waals surface area contributed by atoms with Crippen molar-refractivity contribution in [3.05, 3.63) is 28.8 Å². The number of halogens is 1. The molecular weight excluding hydrogens is 284 g/mol. The molecule has 1 aromatic rings. The molecule has 1 fully saturated rings. The van der Waals surface area contributed by atoms with Gasteiger partial charge in [-0.1, -0.05) is 25.4 Å². The van der Waals surface area contributed by atoms with Crippen LogP contribution in [0.15, 0.2) is 23.1 Å². The summed E-state index contributed by atoms with van der Waals surface area (Å²) in [6, 6.07) is 4.91. The first kappa shape index (κ1) is 14.8. The van der Waals surface area contributed by atoms with Crippen LogP contribution in [0.5, 0.6) is 0 Å². The lowest BCUT2D eigenvalue weighted by atomic mass is 10.2. The summed E-state index contributed by atoms with van der Waals surface area (Å²) in [5.74, 6) is 0.434. The van der Waals surface area contributed by atoms with Crippen LogP contribution in [0.2, 0.25) is 5.02 Å². The average molecular weight is 303 g/mol. The molecule has 0 saturated heterocycles. The van der Waals surface area contributed by atoms with Gasteiger partial charge in [0, 0.05) is 17.6 Å². The van der Waals surface area contributed by atoms with Gasteiger partial charge in [0.05, 0.1) is 4.90 Å². The number of hydrogen-bond acceptors (Lipinski definition) is 3. The molecule has 1 aliphatic carbocycles. The zero-order valence-corrected chi connectivity index (χ0v) is 12.7. The monoisotopic (exact) mass is 302 g/mol. The van der Waals surface area contributed by atoms with Gasteiger partial charge in [-0.15, -0.1) is 0 Å². The van der Waals surface area contributed by atoms with E-state index in [9.17, 15) is 8.42 Å². The number of hydrogen-bond donors (Lipinski definition) is 2. The van der Waals surface area contributed by atoms with Crippen LogP contribution in [0.3, 0.4) is 0 Å². The van der Waals surface area contributed by atoms with Crippen molar-refractivity contribution in [2.75, 3.05) is 6.54 Å². The van der Waals surface area contributed by atoms with Crippen LogP contribution in [0.4, 0.5) is 0 Å². The van der Waals surface area contributed by atoms with Gasteiger partial charge in [-0.3, -0.25) is 0 Å². The molecule has 1 saturated carbocycles. The maximum atomic E-state index is 12.2. The van der Waals surface area contributed by atoms with E-state index in [1.165, 1.54) is 0 Å². The fourth-order valence-corrected chi connectivity index (χ4v) is 3.46. The first-order chi connectivity index (χ1) is 8.94. The first-order valence-corrected chi connectivity index (χ1v) is 8.31. The Morgan fingerprint density at radius 3 is 2.68 bits per heavy atom. The van der Waals surface area contributed by atoms with E-state index in [2.05, 4.69) is 10.0 Å². The molecule has 1 aromatic carbocycles. The molecule has 2 atom stereocenters. The molecule has 19 heavy (non-hydrogen) atoms. The fourth-order valence-electron chi connectivity index (χ4n) is 1.87. The fraction of sp³-hybridized carbons (Fsp3) is 0.538. The maximum absolute atomic E-state index is 12.2. The summed E-state index contributed by atoms with van der Waals surface area (Å²) in [7, 11) is -3.43. The van der Waals surface area contributed by atoms with E-state index in [4.69, 9.17) is 11.6 Å². The van der Waals surface area contributed by atoms with Crippen molar-refractivity contribution < 1.29 is 8.42 Å². The number of sulfonamides is 1. The second-order valence-electron chi connectivity index (χ2n) is 4.97. The molecule has 0 aliphatic heterocycles. The molecule has 106 valence electrons. The zero-order chi connectivity index (χ0) is 14.0. The number of benzene rings is 1. The number of rotatable bonds is 6. The molecule has 0 heterocycles. The molecule has 0 amide bonds. The summed E-state index contributed by atoms with van der Waals surface area (Å²) >= 11 is 6.07. The molecular formula is C13H19ClN2O2S. The molecule has 0 bridgehead atoms. The summed E-state index contributed by atoms with van der Waals surface area (Å²) in [6.45, 7) is 5.40. The third-order valence-electron chi connectivity index (χ3n) is 3.31.